The van der Waals surface area contributed by atoms with Gasteiger partial charge in [0, 0.05) is 87.2 Å². The fourth-order valence-corrected chi connectivity index (χ4v) is 6.55. The molecule has 10 heteroatoms. The molecule has 0 aliphatic carbocycles. The Hall–Kier alpha value is -3.86. The molecule has 1 aliphatic rings. The van der Waals surface area contributed by atoms with E-state index in [2.05, 4.69) is 10.3 Å². The third-order valence-electron chi connectivity index (χ3n) is 8.67. The van der Waals surface area contributed by atoms with E-state index in [4.69, 9.17) is 15.6 Å². The number of aromatic nitrogens is 2. The van der Waals surface area contributed by atoms with Gasteiger partial charge in [0.25, 0.3) is 0 Å². The molecule has 1 amide bonds. The molecule has 2 atom stereocenters. The maximum Gasteiger partial charge on any atom is 0.224 e. The first-order chi connectivity index (χ1) is 21.8. The van der Waals surface area contributed by atoms with Crippen molar-refractivity contribution in [1.82, 2.24) is 14.5 Å². The van der Waals surface area contributed by atoms with Crippen LogP contribution in [0.25, 0.3) is 22.0 Å². The monoisotopic (exact) mass is 619 g/mol. The highest BCUT2D eigenvalue weighted by molar-refractivity contribution is 5.86. The normalized spacial score (nSPS) is 15.9. The maximum atomic E-state index is 15.1. The van der Waals surface area contributed by atoms with Gasteiger partial charge in [0.05, 0.1) is 12.1 Å². The molecule has 5 rings (SSSR count). The number of ether oxygens (including phenoxy) is 1. The number of benzene rings is 2. The molecule has 0 radical (unpaired) electrons. The van der Waals surface area contributed by atoms with Crippen LogP contribution >= 0.6 is 0 Å². The summed E-state index contributed by atoms with van der Waals surface area (Å²) in [7, 11) is 1.64. The number of aryl methyl sites for hydroxylation is 2. The first-order valence-electron chi connectivity index (χ1n) is 15.7. The molecular weight excluding hydrogens is 576 g/mol. The molecule has 2 aromatic heterocycles. The largest absolute Gasteiger partial charge is 0.395 e. The third-order valence-corrected chi connectivity index (χ3v) is 8.67. The first kappa shape index (κ1) is 32.5. The number of nitrogens with two attached hydrogens (primary N) is 1. The number of halogens is 2. The summed E-state index contributed by atoms with van der Waals surface area (Å²) in [5, 5.41) is 12.6. The van der Waals surface area contributed by atoms with Crippen molar-refractivity contribution < 1.29 is 23.4 Å². The average molecular weight is 620 g/mol. The van der Waals surface area contributed by atoms with Gasteiger partial charge >= 0.3 is 0 Å². The minimum absolute atomic E-state index is 0.0119. The van der Waals surface area contributed by atoms with Gasteiger partial charge in [-0.25, -0.2) is 13.8 Å². The Morgan fingerprint density at radius 1 is 1.18 bits per heavy atom. The predicted molar refractivity (Wildman–Crippen MR) is 173 cm³/mol. The van der Waals surface area contributed by atoms with Crippen LogP contribution in [0.2, 0.25) is 0 Å². The molecule has 2 aromatic carbocycles. The van der Waals surface area contributed by atoms with Crippen molar-refractivity contribution in [1.29, 1.82) is 0 Å². The molecule has 3 heterocycles. The number of nitrogens with one attached hydrogen (secondary N) is 1. The molecule has 45 heavy (non-hydrogen) atoms. The highest BCUT2D eigenvalue weighted by Crippen LogP contribution is 2.37. The van der Waals surface area contributed by atoms with Crippen LogP contribution in [0.5, 0.6) is 0 Å². The van der Waals surface area contributed by atoms with E-state index in [-0.39, 0.29) is 30.9 Å². The van der Waals surface area contributed by atoms with Crippen LogP contribution in [0.3, 0.4) is 0 Å². The lowest BCUT2D eigenvalue weighted by molar-refractivity contribution is -0.132. The highest BCUT2D eigenvalue weighted by Gasteiger charge is 2.30. The molecule has 0 bridgehead atoms. The van der Waals surface area contributed by atoms with E-state index in [1.807, 2.05) is 52.8 Å². The lowest BCUT2D eigenvalue weighted by atomic mass is 9.91. The van der Waals surface area contributed by atoms with Crippen molar-refractivity contribution in [2.24, 2.45) is 5.73 Å². The summed E-state index contributed by atoms with van der Waals surface area (Å²) in [6.07, 6.45) is 4.99. The zero-order chi connectivity index (χ0) is 31.9. The molecule has 1 aliphatic heterocycles. The van der Waals surface area contributed by atoms with Crippen molar-refractivity contribution in [3.05, 3.63) is 83.2 Å². The number of fused-ring (bicyclic) bond motifs is 1. The van der Waals surface area contributed by atoms with Crippen LogP contribution in [-0.2, 0) is 22.5 Å². The number of aliphatic hydroxyl groups excluding tert-OH is 1. The quantitative estimate of drug-likeness (QED) is 0.173. The number of hydrogen-bond acceptors (Lipinski definition) is 6. The van der Waals surface area contributed by atoms with Gasteiger partial charge in [0.2, 0.25) is 5.91 Å². The van der Waals surface area contributed by atoms with Gasteiger partial charge < -0.3 is 30.4 Å². The molecule has 4 N–H and O–H groups in total. The molecule has 0 spiro atoms. The average Bonchev–Trinajstić information content (AvgIpc) is 3.31. The van der Waals surface area contributed by atoms with Gasteiger partial charge in [-0.05, 0) is 67.5 Å². The maximum absolute atomic E-state index is 15.1. The molecule has 0 saturated carbocycles. The van der Waals surface area contributed by atoms with Gasteiger partial charge in [-0.2, -0.15) is 0 Å². The Morgan fingerprint density at radius 3 is 2.67 bits per heavy atom. The van der Waals surface area contributed by atoms with Crippen LogP contribution in [0.1, 0.15) is 48.4 Å². The summed E-state index contributed by atoms with van der Waals surface area (Å²) in [6, 6.07) is 14.0. The number of nitrogens with zero attached hydrogens (tertiary/aromatic N) is 3. The summed E-state index contributed by atoms with van der Waals surface area (Å²) in [5.41, 5.74) is 11.8. The van der Waals surface area contributed by atoms with E-state index in [0.29, 0.717) is 62.3 Å². The molecule has 4 aromatic rings. The Balaban J connectivity index is 1.23. The van der Waals surface area contributed by atoms with Crippen LogP contribution < -0.4 is 11.1 Å². The number of rotatable bonds is 13. The number of hydrogen-bond donors (Lipinski definition) is 3. The van der Waals surface area contributed by atoms with E-state index >= 15 is 4.39 Å². The number of amides is 1. The van der Waals surface area contributed by atoms with Crippen molar-refractivity contribution in [3.63, 3.8) is 0 Å². The van der Waals surface area contributed by atoms with E-state index in [1.165, 1.54) is 6.07 Å². The second kappa shape index (κ2) is 14.9. The third kappa shape index (κ3) is 7.69. The fraction of sp³-hybridized carbons (Fsp3) is 0.429. The summed E-state index contributed by atoms with van der Waals surface area (Å²) in [5.74, 6) is -0.421. The second-order valence-corrected chi connectivity index (χ2v) is 11.9. The number of carbonyl (C=O) groups excluding carboxylic acids is 1. The van der Waals surface area contributed by atoms with Crippen molar-refractivity contribution >= 4 is 22.6 Å². The van der Waals surface area contributed by atoms with Crippen LogP contribution in [0.15, 0.2) is 54.7 Å². The van der Waals surface area contributed by atoms with Crippen LogP contribution in [-0.4, -0.2) is 71.5 Å². The second-order valence-electron chi connectivity index (χ2n) is 11.9. The summed E-state index contributed by atoms with van der Waals surface area (Å²) in [4.78, 5) is 19.7. The zero-order valence-corrected chi connectivity index (χ0v) is 26.1. The molecule has 8 nitrogen and oxygen atoms in total. The Labute approximate surface area is 263 Å². The fourth-order valence-electron chi connectivity index (χ4n) is 6.55. The standard InChI is InChI=1S/C35H43F2N5O3/c1-23-30-18-28(36)19-31(37)35(30)42(14-4-16-45-2)34(23)27-5-3-13-41(22-27)33(44)20-29(38)17-24-6-8-25(9-7-24)26-10-11-32(40-21-26)39-12-15-43/h6-11,18-19,21,27,29,43H,3-5,12-17,20,22,38H2,1-2H3,(H,39,40)/t27?,29-/m1/s1. The van der Waals surface area contributed by atoms with Gasteiger partial charge in [0.1, 0.15) is 17.5 Å². The topological polar surface area (TPSA) is 106 Å². The van der Waals surface area contributed by atoms with Gasteiger partial charge in [0.15, 0.2) is 0 Å². The smallest absolute Gasteiger partial charge is 0.224 e. The Bertz CT molecular complexity index is 1590. The lowest BCUT2D eigenvalue weighted by Gasteiger charge is -2.34. The Kier molecular flexibility index (Phi) is 10.8. The number of pyridine rings is 1. The van der Waals surface area contributed by atoms with E-state index < -0.39 is 11.6 Å². The van der Waals surface area contributed by atoms with Gasteiger partial charge in [-0.3, -0.25) is 4.79 Å². The van der Waals surface area contributed by atoms with Crippen molar-refractivity contribution in [3.8, 4) is 11.1 Å². The molecule has 1 fully saturated rings. The van der Waals surface area contributed by atoms with Gasteiger partial charge in [-0.15, -0.1) is 0 Å². The summed E-state index contributed by atoms with van der Waals surface area (Å²) in [6.45, 7) is 4.68. The molecule has 1 unspecified atom stereocenters. The first-order valence-corrected chi connectivity index (χ1v) is 15.7. The minimum Gasteiger partial charge on any atom is -0.395 e. The zero-order valence-electron chi connectivity index (χ0n) is 26.1. The lowest BCUT2D eigenvalue weighted by Crippen LogP contribution is -2.42. The minimum atomic E-state index is -0.591. The number of likely N-dealkylation sites (tertiary alicyclic amines) is 1. The summed E-state index contributed by atoms with van der Waals surface area (Å²) >= 11 is 0. The highest BCUT2D eigenvalue weighted by atomic mass is 19.1. The van der Waals surface area contributed by atoms with E-state index in [0.717, 1.165) is 46.9 Å². The summed E-state index contributed by atoms with van der Waals surface area (Å²) < 4.78 is 36.5. The number of anilines is 1. The van der Waals surface area contributed by atoms with Crippen molar-refractivity contribution in [2.45, 2.75) is 57.5 Å². The van der Waals surface area contributed by atoms with Crippen molar-refractivity contribution in [2.75, 3.05) is 45.3 Å². The van der Waals surface area contributed by atoms with Gasteiger partial charge in [-0.1, -0.05) is 24.3 Å². The molecule has 240 valence electrons. The SMILES string of the molecule is COCCCn1c(C2CCCN(C(=O)C[C@H](N)Cc3ccc(-c4ccc(NCCO)nc4)cc3)C2)c(C)c2cc(F)cc(F)c21. The van der Waals surface area contributed by atoms with E-state index in [9.17, 15) is 9.18 Å². The Morgan fingerprint density at radius 2 is 1.96 bits per heavy atom. The molecule has 1 saturated heterocycles. The molecular formula is C35H43F2N5O3. The number of piperidine rings is 1. The number of aliphatic hydroxyl groups is 1. The predicted octanol–water partition coefficient (Wildman–Crippen LogP) is 5.40. The number of methoxy groups -OCH3 is 1. The number of carbonyl (C=O) groups is 1. The van der Waals surface area contributed by atoms with Crippen LogP contribution in [0, 0.1) is 18.6 Å². The van der Waals surface area contributed by atoms with Crippen LogP contribution in [0.4, 0.5) is 14.6 Å². The van der Waals surface area contributed by atoms with E-state index in [1.54, 1.807) is 13.3 Å².